The van der Waals surface area contributed by atoms with E-state index in [0.717, 1.165) is 18.6 Å². The zero-order valence-electron chi connectivity index (χ0n) is 11.2. The quantitative estimate of drug-likeness (QED) is 0.841. The minimum absolute atomic E-state index is 0.0799. The maximum absolute atomic E-state index is 12.4. The highest BCUT2D eigenvalue weighted by atomic mass is 32.2. The van der Waals surface area contributed by atoms with Crippen LogP contribution in [0.15, 0.2) is 24.3 Å². The molecular formula is C13H18F3NO2S. The number of alkyl halides is 3. The van der Waals surface area contributed by atoms with Crippen molar-refractivity contribution in [3.8, 4) is 0 Å². The van der Waals surface area contributed by atoms with Crippen LogP contribution in [-0.4, -0.2) is 20.7 Å². The summed E-state index contributed by atoms with van der Waals surface area (Å²) in [7, 11) is -3.28. The van der Waals surface area contributed by atoms with Gasteiger partial charge in [0, 0.05) is 6.54 Å². The largest absolute Gasteiger partial charge is 0.416 e. The number of sulfonamides is 1. The van der Waals surface area contributed by atoms with Gasteiger partial charge in [0.2, 0.25) is 10.0 Å². The van der Waals surface area contributed by atoms with Crippen molar-refractivity contribution in [3.05, 3.63) is 35.4 Å². The molecule has 0 aliphatic carbocycles. The van der Waals surface area contributed by atoms with Crippen molar-refractivity contribution in [3.63, 3.8) is 0 Å². The summed E-state index contributed by atoms with van der Waals surface area (Å²) in [6, 6.07) is 4.73. The fourth-order valence-electron chi connectivity index (χ4n) is 1.62. The van der Waals surface area contributed by atoms with Gasteiger partial charge >= 0.3 is 6.18 Å². The van der Waals surface area contributed by atoms with E-state index in [9.17, 15) is 21.6 Å². The van der Waals surface area contributed by atoms with E-state index in [1.807, 2.05) is 6.92 Å². The highest BCUT2D eigenvalue weighted by molar-refractivity contribution is 7.89. The van der Waals surface area contributed by atoms with Gasteiger partial charge in [0.15, 0.2) is 0 Å². The summed E-state index contributed by atoms with van der Waals surface area (Å²) in [5.41, 5.74) is -0.0408. The van der Waals surface area contributed by atoms with Gasteiger partial charge in [0.05, 0.1) is 11.3 Å². The van der Waals surface area contributed by atoms with Crippen LogP contribution in [0.5, 0.6) is 0 Å². The van der Waals surface area contributed by atoms with Crippen molar-refractivity contribution in [2.45, 2.75) is 32.4 Å². The molecule has 0 amide bonds. The van der Waals surface area contributed by atoms with Crippen molar-refractivity contribution in [1.82, 2.24) is 4.72 Å². The van der Waals surface area contributed by atoms with Gasteiger partial charge in [-0.3, -0.25) is 0 Å². The molecule has 0 aliphatic rings. The Labute approximate surface area is 117 Å². The highest BCUT2D eigenvalue weighted by Gasteiger charge is 2.29. The van der Waals surface area contributed by atoms with Crippen LogP contribution in [0.2, 0.25) is 0 Å². The average Bonchev–Trinajstić information content (AvgIpc) is 2.36. The predicted molar refractivity (Wildman–Crippen MR) is 71.8 cm³/mol. The molecule has 1 aromatic rings. The molecule has 0 atom stereocenters. The average molecular weight is 309 g/mol. The lowest BCUT2D eigenvalue weighted by Gasteiger charge is -2.08. The minimum Gasteiger partial charge on any atom is -0.215 e. The summed E-state index contributed by atoms with van der Waals surface area (Å²) in [5.74, 6) is 0.0799. The number of nitrogens with one attached hydrogen (secondary N) is 1. The first-order valence-corrected chi connectivity index (χ1v) is 8.03. The van der Waals surface area contributed by atoms with Crippen molar-refractivity contribution in [1.29, 1.82) is 0 Å². The van der Waals surface area contributed by atoms with Crippen LogP contribution in [-0.2, 0) is 22.6 Å². The second-order valence-electron chi connectivity index (χ2n) is 4.51. The third-order valence-corrected chi connectivity index (χ3v) is 4.25. The summed E-state index contributed by atoms with van der Waals surface area (Å²) in [6.07, 6.45) is -2.60. The van der Waals surface area contributed by atoms with E-state index >= 15 is 0 Å². The first kappa shape index (κ1) is 17.0. The zero-order valence-corrected chi connectivity index (χ0v) is 12.0. The fourth-order valence-corrected chi connectivity index (χ4v) is 2.84. The van der Waals surface area contributed by atoms with Gasteiger partial charge in [0.25, 0.3) is 0 Å². The smallest absolute Gasteiger partial charge is 0.215 e. The Balaban J connectivity index is 2.47. The molecule has 114 valence electrons. The predicted octanol–water partition coefficient (Wildman–Crippen LogP) is 2.97. The number of hydrogen-bond donors (Lipinski definition) is 1. The molecule has 0 unspecified atom stereocenters. The van der Waals surface area contributed by atoms with Crippen LogP contribution >= 0.6 is 0 Å². The lowest BCUT2D eigenvalue weighted by Crippen LogP contribution is -2.28. The van der Waals surface area contributed by atoms with Gasteiger partial charge in [-0.05, 0) is 30.5 Å². The molecular weight excluding hydrogens is 291 g/mol. The number of hydrogen-bond acceptors (Lipinski definition) is 2. The molecule has 0 aromatic heterocycles. The first-order valence-electron chi connectivity index (χ1n) is 6.38. The van der Waals surface area contributed by atoms with E-state index in [1.165, 1.54) is 12.1 Å². The molecule has 1 N–H and O–H groups in total. The second kappa shape index (κ2) is 7.08. The Morgan fingerprint density at radius 2 is 1.75 bits per heavy atom. The summed E-state index contributed by atoms with van der Waals surface area (Å²) >= 11 is 0. The molecule has 0 spiro atoms. The van der Waals surface area contributed by atoms with Crippen LogP contribution < -0.4 is 4.72 Å². The minimum atomic E-state index is -4.35. The van der Waals surface area contributed by atoms with E-state index in [-0.39, 0.29) is 12.3 Å². The van der Waals surface area contributed by atoms with E-state index in [4.69, 9.17) is 0 Å². The molecule has 1 aromatic carbocycles. The van der Waals surface area contributed by atoms with Crippen molar-refractivity contribution in [2.24, 2.45) is 0 Å². The third kappa shape index (κ3) is 5.92. The van der Waals surface area contributed by atoms with Gasteiger partial charge < -0.3 is 0 Å². The molecule has 1 rings (SSSR count). The van der Waals surface area contributed by atoms with Gasteiger partial charge in [-0.1, -0.05) is 25.5 Å². The lowest BCUT2D eigenvalue weighted by atomic mass is 10.1. The maximum Gasteiger partial charge on any atom is 0.416 e. The normalized spacial score (nSPS) is 12.6. The number of benzene rings is 1. The Bertz CT molecular complexity index is 509. The third-order valence-electron chi connectivity index (χ3n) is 2.78. The fraction of sp³-hybridized carbons (Fsp3) is 0.538. The summed E-state index contributed by atoms with van der Waals surface area (Å²) in [6.45, 7) is 2.09. The van der Waals surface area contributed by atoms with Crippen LogP contribution in [0, 0.1) is 0 Å². The molecule has 0 bridgehead atoms. The molecule has 0 fully saturated rings. The van der Waals surface area contributed by atoms with E-state index in [0.29, 0.717) is 18.4 Å². The number of halogens is 3. The maximum atomic E-state index is 12.4. The standard InChI is InChI=1S/C13H18F3NO2S/c1-2-3-10-20(18,19)17-9-8-11-4-6-12(7-5-11)13(14,15)16/h4-7,17H,2-3,8-10H2,1H3. The zero-order chi connectivity index (χ0) is 15.2. The van der Waals surface area contributed by atoms with Gasteiger partial charge in [-0.15, -0.1) is 0 Å². The molecule has 20 heavy (non-hydrogen) atoms. The number of rotatable bonds is 7. The molecule has 0 aliphatic heterocycles. The monoisotopic (exact) mass is 309 g/mol. The molecule has 0 saturated heterocycles. The molecule has 0 radical (unpaired) electrons. The van der Waals surface area contributed by atoms with Crippen LogP contribution in [0.1, 0.15) is 30.9 Å². The lowest BCUT2D eigenvalue weighted by molar-refractivity contribution is -0.137. The molecule has 7 heteroatoms. The van der Waals surface area contributed by atoms with Crippen LogP contribution in [0.25, 0.3) is 0 Å². The van der Waals surface area contributed by atoms with Gasteiger partial charge in [-0.25, -0.2) is 13.1 Å². The van der Waals surface area contributed by atoms with Gasteiger partial charge in [0.1, 0.15) is 0 Å². The second-order valence-corrected chi connectivity index (χ2v) is 6.44. The Hall–Kier alpha value is -1.08. The van der Waals surface area contributed by atoms with Crippen molar-refractivity contribution < 1.29 is 21.6 Å². The van der Waals surface area contributed by atoms with Crippen LogP contribution in [0.4, 0.5) is 13.2 Å². The summed E-state index contributed by atoms with van der Waals surface area (Å²) in [4.78, 5) is 0. The van der Waals surface area contributed by atoms with E-state index < -0.39 is 21.8 Å². The van der Waals surface area contributed by atoms with Crippen LogP contribution in [0.3, 0.4) is 0 Å². The van der Waals surface area contributed by atoms with Crippen molar-refractivity contribution in [2.75, 3.05) is 12.3 Å². The van der Waals surface area contributed by atoms with E-state index in [2.05, 4.69) is 4.72 Å². The molecule has 0 saturated carbocycles. The Morgan fingerprint density at radius 1 is 1.15 bits per heavy atom. The highest BCUT2D eigenvalue weighted by Crippen LogP contribution is 2.29. The summed E-state index contributed by atoms with van der Waals surface area (Å²) < 4.78 is 62.5. The summed E-state index contributed by atoms with van der Waals surface area (Å²) in [5, 5.41) is 0. The van der Waals surface area contributed by atoms with Crippen molar-refractivity contribution >= 4 is 10.0 Å². The number of unbranched alkanes of at least 4 members (excludes halogenated alkanes) is 1. The Morgan fingerprint density at radius 3 is 2.25 bits per heavy atom. The topological polar surface area (TPSA) is 46.2 Å². The van der Waals surface area contributed by atoms with Gasteiger partial charge in [-0.2, -0.15) is 13.2 Å². The van der Waals surface area contributed by atoms with E-state index in [1.54, 1.807) is 0 Å². The molecule has 0 heterocycles. The SMILES string of the molecule is CCCCS(=O)(=O)NCCc1ccc(C(F)(F)F)cc1. The first-order chi connectivity index (χ1) is 9.24. The Kier molecular flexibility index (Phi) is 6.01. The molecule has 3 nitrogen and oxygen atoms in total.